The summed E-state index contributed by atoms with van der Waals surface area (Å²) >= 11 is 0. The van der Waals surface area contributed by atoms with Gasteiger partial charge in [0.25, 0.3) is 0 Å². The Bertz CT molecular complexity index is 2370. The molecule has 0 radical (unpaired) electrons. The SMILES string of the molecule is Nc1ccc(-c2c3nc(c(-c4ccc(N)cc4)c4ccc([nH]4)c(-c4ccc(N)cc4)c4nc(c(-c5ccc(N)cc5)c5ccc2[nH]5)C=C4)C=C3)cc1.[Mg+2]. The molecule has 0 atom stereocenters. The summed E-state index contributed by atoms with van der Waals surface area (Å²) in [5.74, 6) is 0. The first kappa shape index (κ1) is 33.6. The van der Waals surface area contributed by atoms with Crippen LogP contribution in [0.3, 0.4) is 0 Å². The molecule has 8 nitrogen and oxygen atoms in total. The molecule has 0 amide bonds. The number of fused-ring (bicyclic) bond motifs is 8. The summed E-state index contributed by atoms with van der Waals surface area (Å²) in [6.45, 7) is 0. The van der Waals surface area contributed by atoms with E-state index in [0.29, 0.717) is 22.7 Å². The first-order valence-electron chi connectivity index (χ1n) is 17.0. The molecule has 10 N–H and O–H groups in total. The average Bonchev–Trinajstić information content (AvgIpc) is 3.99. The molecule has 250 valence electrons. The Labute approximate surface area is 322 Å². The van der Waals surface area contributed by atoms with Crippen LogP contribution in [0.15, 0.2) is 121 Å². The van der Waals surface area contributed by atoms with Crippen molar-refractivity contribution in [3.63, 3.8) is 0 Å². The van der Waals surface area contributed by atoms with Crippen LogP contribution in [0.25, 0.3) is 90.9 Å². The number of aromatic amines is 2. The Hall–Kier alpha value is -6.55. The predicted molar refractivity (Wildman–Crippen MR) is 224 cm³/mol. The molecule has 2 aliphatic heterocycles. The van der Waals surface area contributed by atoms with E-state index in [1.165, 1.54) is 0 Å². The summed E-state index contributed by atoms with van der Waals surface area (Å²) in [7, 11) is 0. The Balaban J connectivity index is 0.00000400. The fourth-order valence-electron chi connectivity index (χ4n) is 7.02. The zero-order valence-electron chi connectivity index (χ0n) is 28.8. The van der Waals surface area contributed by atoms with Gasteiger partial charge in [-0.1, -0.05) is 48.5 Å². The van der Waals surface area contributed by atoms with Gasteiger partial charge in [0.1, 0.15) is 0 Å². The minimum Gasteiger partial charge on any atom is -0.399 e. The molecule has 7 aromatic rings. The summed E-state index contributed by atoms with van der Waals surface area (Å²) < 4.78 is 0. The molecule has 0 spiro atoms. The minimum absolute atomic E-state index is 0. The van der Waals surface area contributed by atoms with Gasteiger partial charge in [-0.05, 0) is 119 Å². The Kier molecular flexibility index (Phi) is 8.58. The third kappa shape index (κ3) is 6.22. The molecule has 0 unspecified atom stereocenters. The third-order valence-electron chi connectivity index (χ3n) is 9.55. The van der Waals surface area contributed by atoms with Gasteiger partial charge >= 0.3 is 23.1 Å². The van der Waals surface area contributed by atoms with E-state index in [2.05, 4.69) is 58.5 Å². The molecule has 0 saturated heterocycles. The Morgan fingerprint density at radius 2 is 0.509 bits per heavy atom. The van der Waals surface area contributed by atoms with Crippen LogP contribution >= 0.6 is 0 Å². The van der Waals surface area contributed by atoms with E-state index in [1.807, 2.05) is 97.1 Å². The largest absolute Gasteiger partial charge is 2.00 e. The maximum atomic E-state index is 6.15. The zero-order chi connectivity index (χ0) is 35.3. The molecular weight excluding hydrogens is 665 g/mol. The van der Waals surface area contributed by atoms with Crippen LogP contribution in [-0.4, -0.2) is 43.0 Å². The molecule has 4 aromatic carbocycles. The van der Waals surface area contributed by atoms with E-state index in [9.17, 15) is 0 Å². The summed E-state index contributed by atoms with van der Waals surface area (Å²) in [6.07, 6.45) is 8.29. The normalized spacial score (nSPS) is 11.8. The first-order valence-corrected chi connectivity index (χ1v) is 17.0. The second-order valence-corrected chi connectivity index (χ2v) is 13.0. The van der Waals surface area contributed by atoms with E-state index < -0.39 is 0 Å². The molecular formula is C44H34MgN8+2. The quantitative estimate of drug-likeness (QED) is 0.0793. The molecule has 2 aliphatic rings. The molecule has 9 heteroatoms. The molecule has 5 heterocycles. The number of anilines is 4. The van der Waals surface area contributed by atoms with Gasteiger partial charge < -0.3 is 32.9 Å². The van der Waals surface area contributed by atoms with Crippen LogP contribution in [0.4, 0.5) is 22.7 Å². The van der Waals surface area contributed by atoms with Crippen LogP contribution in [0.2, 0.25) is 0 Å². The molecule has 0 saturated carbocycles. The molecule has 0 fully saturated rings. The van der Waals surface area contributed by atoms with Crippen molar-refractivity contribution in [2.24, 2.45) is 0 Å². The van der Waals surface area contributed by atoms with Crippen molar-refractivity contribution >= 4 is 92.2 Å². The fourth-order valence-corrected chi connectivity index (χ4v) is 7.02. The minimum atomic E-state index is 0. The molecule has 53 heavy (non-hydrogen) atoms. The first-order chi connectivity index (χ1) is 25.4. The number of rotatable bonds is 4. The molecule has 8 bridgehead atoms. The number of H-pyrrole nitrogens is 2. The molecule has 0 aliphatic carbocycles. The van der Waals surface area contributed by atoms with Gasteiger partial charge in [-0.25, -0.2) is 9.97 Å². The number of benzene rings is 4. The molecule has 9 rings (SSSR count). The van der Waals surface area contributed by atoms with Gasteiger partial charge in [-0.3, -0.25) is 0 Å². The van der Waals surface area contributed by atoms with Gasteiger partial charge in [0, 0.05) is 67.1 Å². The number of nitrogens with one attached hydrogen (secondary N) is 2. The third-order valence-corrected chi connectivity index (χ3v) is 9.55. The number of nitrogens with two attached hydrogens (primary N) is 4. The van der Waals surface area contributed by atoms with Gasteiger partial charge in [-0.15, -0.1) is 0 Å². The number of hydrogen-bond donors (Lipinski definition) is 6. The standard InChI is InChI=1S/C44H34N8.Mg/c45-29-9-1-25(2-10-29)41-33-17-19-35(49-33)42(26-3-11-30(46)12-4-26)37-21-23-39(51-37)44(28-7-15-32(48)16-8-28)40-24-22-38(52-40)43(36-20-18-34(41)50-36)27-5-13-31(47)14-6-27;/h1-24,49,52H,45-48H2;/q;+2. The Morgan fingerprint density at radius 1 is 0.302 bits per heavy atom. The Morgan fingerprint density at radius 3 is 0.717 bits per heavy atom. The van der Waals surface area contributed by atoms with Crippen molar-refractivity contribution in [3.05, 3.63) is 144 Å². The van der Waals surface area contributed by atoms with Crippen molar-refractivity contribution in [3.8, 4) is 44.5 Å². The fraction of sp³-hybridized carbons (Fsp3) is 0. The average molecular weight is 699 g/mol. The summed E-state index contributed by atoms with van der Waals surface area (Å²) in [4.78, 5) is 18.2. The van der Waals surface area contributed by atoms with Crippen molar-refractivity contribution in [2.45, 2.75) is 0 Å². The van der Waals surface area contributed by atoms with Crippen molar-refractivity contribution in [1.29, 1.82) is 0 Å². The summed E-state index contributed by atoms with van der Waals surface area (Å²) in [5.41, 5.74) is 41.9. The summed E-state index contributed by atoms with van der Waals surface area (Å²) in [5, 5.41) is 0. The van der Waals surface area contributed by atoms with E-state index in [4.69, 9.17) is 32.9 Å². The van der Waals surface area contributed by atoms with E-state index in [0.717, 1.165) is 89.4 Å². The maximum absolute atomic E-state index is 6.15. The summed E-state index contributed by atoms with van der Waals surface area (Å²) in [6, 6.07) is 40.0. The monoisotopic (exact) mass is 698 g/mol. The van der Waals surface area contributed by atoms with Crippen LogP contribution in [0.5, 0.6) is 0 Å². The number of hydrogen-bond acceptors (Lipinski definition) is 6. The van der Waals surface area contributed by atoms with Crippen molar-refractivity contribution in [1.82, 2.24) is 19.9 Å². The van der Waals surface area contributed by atoms with Crippen molar-refractivity contribution in [2.75, 3.05) is 22.9 Å². The number of nitrogen functional groups attached to an aromatic ring is 4. The van der Waals surface area contributed by atoms with E-state index in [-0.39, 0.29) is 23.1 Å². The maximum Gasteiger partial charge on any atom is 2.00 e. The van der Waals surface area contributed by atoms with Gasteiger partial charge in [-0.2, -0.15) is 0 Å². The van der Waals surface area contributed by atoms with Gasteiger partial charge in [0.15, 0.2) is 0 Å². The van der Waals surface area contributed by atoms with Crippen LogP contribution in [0.1, 0.15) is 22.8 Å². The van der Waals surface area contributed by atoms with Crippen LogP contribution in [0, 0.1) is 0 Å². The second kappa shape index (κ2) is 13.5. The predicted octanol–water partition coefficient (Wildman–Crippen LogP) is 9.27. The van der Waals surface area contributed by atoms with Gasteiger partial charge in [0.2, 0.25) is 0 Å². The molecule has 3 aromatic heterocycles. The number of nitrogens with zero attached hydrogens (tertiary/aromatic N) is 2. The number of aromatic nitrogens is 4. The van der Waals surface area contributed by atoms with E-state index in [1.54, 1.807) is 0 Å². The topological polar surface area (TPSA) is 161 Å². The van der Waals surface area contributed by atoms with Crippen LogP contribution in [-0.2, 0) is 0 Å². The van der Waals surface area contributed by atoms with Crippen LogP contribution < -0.4 is 22.9 Å². The van der Waals surface area contributed by atoms with E-state index >= 15 is 0 Å². The second-order valence-electron chi connectivity index (χ2n) is 13.0. The smallest absolute Gasteiger partial charge is 0.399 e. The zero-order valence-corrected chi connectivity index (χ0v) is 30.2. The van der Waals surface area contributed by atoms with Crippen molar-refractivity contribution < 1.29 is 0 Å². The van der Waals surface area contributed by atoms with Gasteiger partial charge in [0.05, 0.1) is 22.8 Å².